The molecule has 0 bridgehead atoms. The van der Waals surface area contributed by atoms with Gasteiger partial charge in [-0.3, -0.25) is 4.79 Å². The third kappa shape index (κ3) is 4.37. The summed E-state index contributed by atoms with van der Waals surface area (Å²) >= 11 is 11.9. The Morgan fingerprint density at radius 3 is 2.95 bits per heavy atom. The second-order valence-corrected chi connectivity index (χ2v) is 5.66. The fourth-order valence-electron chi connectivity index (χ4n) is 2.24. The highest BCUT2D eigenvalue weighted by atomic mass is 35.5. The average molecular weight is 301 g/mol. The van der Waals surface area contributed by atoms with E-state index in [0.29, 0.717) is 16.6 Å². The van der Waals surface area contributed by atoms with Gasteiger partial charge in [0.1, 0.15) is 0 Å². The van der Waals surface area contributed by atoms with Gasteiger partial charge < -0.3 is 10.6 Å². The van der Waals surface area contributed by atoms with Crippen LogP contribution in [0.25, 0.3) is 0 Å². The zero-order valence-electron chi connectivity index (χ0n) is 10.7. The van der Waals surface area contributed by atoms with E-state index >= 15 is 0 Å². The summed E-state index contributed by atoms with van der Waals surface area (Å²) in [6.45, 7) is 2.43. The van der Waals surface area contributed by atoms with Gasteiger partial charge in [0.15, 0.2) is 0 Å². The average Bonchev–Trinajstić information content (AvgIpc) is 2.90. The van der Waals surface area contributed by atoms with Crippen LogP contribution >= 0.6 is 23.2 Å². The van der Waals surface area contributed by atoms with Gasteiger partial charge in [-0.15, -0.1) is 0 Å². The van der Waals surface area contributed by atoms with Crippen molar-refractivity contribution in [1.29, 1.82) is 0 Å². The summed E-state index contributed by atoms with van der Waals surface area (Å²) in [5, 5.41) is 7.51. The van der Waals surface area contributed by atoms with Gasteiger partial charge in [-0.1, -0.05) is 29.3 Å². The lowest BCUT2D eigenvalue weighted by atomic mass is 10.1. The van der Waals surface area contributed by atoms with E-state index in [1.165, 1.54) is 0 Å². The summed E-state index contributed by atoms with van der Waals surface area (Å²) < 4.78 is 0. The lowest BCUT2D eigenvalue weighted by Gasteiger charge is -2.10. The van der Waals surface area contributed by atoms with Crippen molar-refractivity contribution in [2.24, 2.45) is 5.92 Å². The number of carbonyl (C=O) groups is 1. The summed E-state index contributed by atoms with van der Waals surface area (Å²) in [7, 11) is 0. The summed E-state index contributed by atoms with van der Waals surface area (Å²) in [5.41, 5.74) is 1.07. The Morgan fingerprint density at radius 1 is 1.42 bits per heavy atom. The lowest BCUT2D eigenvalue weighted by molar-refractivity contribution is -0.124. The number of amides is 1. The second kappa shape index (κ2) is 7.13. The molecule has 0 aliphatic carbocycles. The normalized spacial score (nSPS) is 18.5. The van der Waals surface area contributed by atoms with Crippen molar-refractivity contribution >= 4 is 29.1 Å². The molecule has 0 saturated carbocycles. The van der Waals surface area contributed by atoms with Crippen molar-refractivity contribution in [3.63, 3.8) is 0 Å². The first-order valence-electron chi connectivity index (χ1n) is 6.59. The fourth-order valence-corrected chi connectivity index (χ4v) is 2.74. The number of nitrogens with one attached hydrogen (secondary N) is 2. The van der Waals surface area contributed by atoms with Crippen LogP contribution in [0.15, 0.2) is 18.2 Å². The van der Waals surface area contributed by atoms with Crippen LogP contribution in [0.1, 0.15) is 18.4 Å². The van der Waals surface area contributed by atoms with Crippen molar-refractivity contribution in [3.05, 3.63) is 33.8 Å². The predicted molar refractivity (Wildman–Crippen MR) is 78.8 cm³/mol. The van der Waals surface area contributed by atoms with Gasteiger partial charge in [0.25, 0.3) is 0 Å². The standard InChI is InChI=1S/C14H18Cl2N2O/c15-12-4-3-10(13(16)8-12)2-1-6-18-14(19)11-5-7-17-9-11/h3-4,8,11,17H,1-2,5-7,9H2,(H,18,19). The number of hydrogen-bond donors (Lipinski definition) is 2. The molecule has 1 saturated heterocycles. The molecule has 1 aromatic carbocycles. The molecule has 19 heavy (non-hydrogen) atoms. The van der Waals surface area contributed by atoms with Crippen LogP contribution in [0.4, 0.5) is 0 Å². The minimum absolute atomic E-state index is 0.138. The van der Waals surface area contributed by atoms with Crippen LogP contribution in [-0.4, -0.2) is 25.5 Å². The minimum Gasteiger partial charge on any atom is -0.356 e. The van der Waals surface area contributed by atoms with Crippen LogP contribution in [0, 0.1) is 5.92 Å². The number of benzene rings is 1. The van der Waals surface area contributed by atoms with Crippen LogP contribution in [0.3, 0.4) is 0 Å². The lowest BCUT2D eigenvalue weighted by Crippen LogP contribution is -2.32. The van der Waals surface area contributed by atoms with Gasteiger partial charge >= 0.3 is 0 Å². The third-order valence-electron chi connectivity index (χ3n) is 3.37. The molecule has 1 heterocycles. The van der Waals surface area contributed by atoms with Crippen LogP contribution < -0.4 is 10.6 Å². The van der Waals surface area contributed by atoms with E-state index < -0.39 is 0 Å². The number of aryl methyl sites for hydroxylation is 1. The van der Waals surface area contributed by atoms with Crippen molar-refractivity contribution < 1.29 is 4.79 Å². The molecular formula is C14H18Cl2N2O. The molecule has 1 unspecified atom stereocenters. The smallest absolute Gasteiger partial charge is 0.224 e. The summed E-state index contributed by atoms with van der Waals surface area (Å²) in [4.78, 5) is 11.8. The summed E-state index contributed by atoms with van der Waals surface area (Å²) in [5.74, 6) is 0.298. The third-order valence-corrected chi connectivity index (χ3v) is 3.96. The minimum atomic E-state index is 0.138. The molecule has 1 atom stereocenters. The molecule has 2 rings (SSSR count). The summed E-state index contributed by atoms with van der Waals surface area (Å²) in [6.07, 6.45) is 2.67. The molecule has 3 nitrogen and oxygen atoms in total. The molecule has 5 heteroatoms. The molecule has 1 aliphatic heterocycles. The van der Waals surface area contributed by atoms with Crippen LogP contribution in [0.5, 0.6) is 0 Å². The highest BCUT2D eigenvalue weighted by molar-refractivity contribution is 6.35. The predicted octanol–water partition coefficient (Wildman–Crippen LogP) is 2.65. The van der Waals surface area contributed by atoms with Crippen LogP contribution in [0.2, 0.25) is 10.0 Å². The SMILES string of the molecule is O=C(NCCCc1ccc(Cl)cc1Cl)C1CCNC1. The van der Waals surface area contributed by atoms with E-state index in [1.807, 2.05) is 12.1 Å². The number of rotatable bonds is 5. The molecular weight excluding hydrogens is 283 g/mol. The van der Waals surface area contributed by atoms with Crippen molar-refractivity contribution in [3.8, 4) is 0 Å². The molecule has 2 N–H and O–H groups in total. The molecule has 1 aliphatic rings. The highest BCUT2D eigenvalue weighted by Gasteiger charge is 2.21. The Balaban J connectivity index is 1.70. The first-order chi connectivity index (χ1) is 9.16. The molecule has 1 aromatic rings. The van der Waals surface area contributed by atoms with Gasteiger partial charge in [-0.05, 0) is 43.5 Å². The zero-order valence-corrected chi connectivity index (χ0v) is 12.2. The Hall–Kier alpha value is -0.770. The van der Waals surface area contributed by atoms with E-state index in [-0.39, 0.29) is 11.8 Å². The zero-order chi connectivity index (χ0) is 13.7. The molecule has 104 valence electrons. The topological polar surface area (TPSA) is 41.1 Å². The number of carbonyl (C=O) groups excluding carboxylic acids is 1. The van der Waals surface area contributed by atoms with Crippen LogP contribution in [-0.2, 0) is 11.2 Å². The maximum absolute atomic E-state index is 11.8. The van der Waals surface area contributed by atoms with Gasteiger partial charge in [-0.25, -0.2) is 0 Å². The quantitative estimate of drug-likeness (QED) is 0.821. The maximum atomic E-state index is 11.8. The Kier molecular flexibility index (Phi) is 5.49. The summed E-state index contributed by atoms with van der Waals surface area (Å²) in [6, 6.07) is 5.53. The maximum Gasteiger partial charge on any atom is 0.224 e. The van der Waals surface area contributed by atoms with E-state index in [4.69, 9.17) is 23.2 Å². The van der Waals surface area contributed by atoms with E-state index in [9.17, 15) is 4.79 Å². The number of halogens is 2. The van der Waals surface area contributed by atoms with E-state index in [2.05, 4.69) is 10.6 Å². The van der Waals surface area contributed by atoms with E-state index in [0.717, 1.165) is 37.9 Å². The van der Waals surface area contributed by atoms with Crippen molar-refractivity contribution in [2.45, 2.75) is 19.3 Å². The first-order valence-corrected chi connectivity index (χ1v) is 7.35. The van der Waals surface area contributed by atoms with Gasteiger partial charge in [-0.2, -0.15) is 0 Å². The van der Waals surface area contributed by atoms with Crippen molar-refractivity contribution in [1.82, 2.24) is 10.6 Å². The van der Waals surface area contributed by atoms with Gasteiger partial charge in [0, 0.05) is 23.1 Å². The Labute approximate surface area is 123 Å². The van der Waals surface area contributed by atoms with Gasteiger partial charge in [0.05, 0.1) is 5.92 Å². The molecule has 0 radical (unpaired) electrons. The molecule has 0 aromatic heterocycles. The molecule has 1 fully saturated rings. The highest BCUT2D eigenvalue weighted by Crippen LogP contribution is 2.21. The Bertz CT molecular complexity index is 445. The largest absolute Gasteiger partial charge is 0.356 e. The molecule has 1 amide bonds. The second-order valence-electron chi connectivity index (χ2n) is 4.82. The Morgan fingerprint density at radius 2 is 2.26 bits per heavy atom. The fraction of sp³-hybridized carbons (Fsp3) is 0.500. The first kappa shape index (κ1) is 14.6. The molecule has 0 spiro atoms. The monoisotopic (exact) mass is 300 g/mol. The number of hydrogen-bond acceptors (Lipinski definition) is 2. The van der Waals surface area contributed by atoms with Crippen molar-refractivity contribution in [2.75, 3.05) is 19.6 Å². The van der Waals surface area contributed by atoms with Gasteiger partial charge in [0.2, 0.25) is 5.91 Å². The van der Waals surface area contributed by atoms with E-state index in [1.54, 1.807) is 6.07 Å².